The lowest BCUT2D eigenvalue weighted by Gasteiger charge is -2.10. The van der Waals surface area contributed by atoms with Gasteiger partial charge in [0.25, 0.3) is 0 Å². The van der Waals surface area contributed by atoms with Gasteiger partial charge in [-0.3, -0.25) is 0 Å². The predicted octanol–water partition coefficient (Wildman–Crippen LogP) is 3.77. The Morgan fingerprint density at radius 1 is 1.00 bits per heavy atom. The molecule has 3 rings (SSSR count). The molecule has 0 aromatic heterocycles. The van der Waals surface area contributed by atoms with Crippen LogP contribution in [-0.4, -0.2) is 13.2 Å². The molecule has 0 aliphatic carbocycles. The Hall–Kier alpha value is -1.65. The molecule has 1 aliphatic rings. The summed E-state index contributed by atoms with van der Waals surface area (Å²) in [4.78, 5) is 2.36. The Morgan fingerprint density at radius 3 is 2.48 bits per heavy atom. The standard InChI is InChI=1S/C17H19NO2S/c1-12-9-14(4-3-13(12)11-18)21-15-5-6-16-17(10-15)20-8-2-7-19-16/h3-6,9-10H,2,7-8,11,18H2,1H3. The first kappa shape index (κ1) is 14.3. The van der Waals surface area contributed by atoms with Gasteiger partial charge in [0, 0.05) is 22.8 Å². The summed E-state index contributed by atoms with van der Waals surface area (Å²) in [6, 6.07) is 12.5. The van der Waals surface area contributed by atoms with E-state index in [1.807, 2.05) is 6.07 Å². The molecule has 0 fully saturated rings. The van der Waals surface area contributed by atoms with Crippen LogP contribution in [0.25, 0.3) is 0 Å². The number of benzene rings is 2. The monoisotopic (exact) mass is 301 g/mol. The SMILES string of the molecule is Cc1cc(Sc2ccc3c(c2)OCCCO3)ccc1CN. The zero-order chi connectivity index (χ0) is 14.7. The first-order valence-electron chi connectivity index (χ1n) is 7.13. The second-order valence-corrected chi connectivity index (χ2v) is 6.20. The third kappa shape index (κ3) is 3.34. The quantitative estimate of drug-likeness (QED) is 0.937. The minimum absolute atomic E-state index is 0.584. The summed E-state index contributed by atoms with van der Waals surface area (Å²) in [6.07, 6.45) is 0.927. The molecule has 2 aromatic carbocycles. The van der Waals surface area contributed by atoms with Gasteiger partial charge in [0.15, 0.2) is 11.5 Å². The second kappa shape index (κ2) is 6.41. The molecule has 2 N–H and O–H groups in total. The number of ether oxygens (including phenoxy) is 2. The number of hydrogen-bond donors (Lipinski definition) is 1. The van der Waals surface area contributed by atoms with Gasteiger partial charge in [0.2, 0.25) is 0 Å². The second-order valence-electron chi connectivity index (χ2n) is 5.05. The Morgan fingerprint density at radius 2 is 1.71 bits per heavy atom. The van der Waals surface area contributed by atoms with Crippen molar-refractivity contribution in [1.29, 1.82) is 0 Å². The molecule has 0 unspecified atom stereocenters. The summed E-state index contributed by atoms with van der Waals surface area (Å²) in [5.41, 5.74) is 8.13. The van der Waals surface area contributed by atoms with Gasteiger partial charge >= 0.3 is 0 Å². The van der Waals surface area contributed by atoms with Gasteiger partial charge in [-0.1, -0.05) is 17.8 Å². The maximum atomic E-state index is 5.73. The third-order valence-electron chi connectivity index (χ3n) is 3.49. The van der Waals surface area contributed by atoms with Crippen molar-refractivity contribution in [3.05, 3.63) is 47.5 Å². The maximum absolute atomic E-state index is 5.73. The van der Waals surface area contributed by atoms with E-state index >= 15 is 0 Å². The smallest absolute Gasteiger partial charge is 0.162 e. The van der Waals surface area contributed by atoms with Crippen LogP contribution in [0.5, 0.6) is 11.5 Å². The summed E-state index contributed by atoms with van der Waals surface area (Å²) in [7, 11) is 0. The fourth-order valence-electron chi connectivity index (χ4n) is 2.30. The van der Waals surface area contributed by atoms with Crippen LogP contribution in [0.15, 0.2) is 46.2 Å². The van der Waals surface area contributed by atoms with E-state index < -0.39 is 0 Å². The fraction of sp³-hybridized carbons (Fsp3) is 0.294. The molecule has 4 heteroatoms. The average molecular weight is 301 g/mol. The van der Waals surface area contributed by atoms with Gasteiger partial charge < -0.3 is 15.2 Å². The summed E-state index contributed by atoms with van der Waals surface area (Å²) in [6.45, 7) is 4.12. The molecule has 0 saturated carbocycles. The first-order chi connectivity index (χ1) is 10.3. The van der Waals surface area contributed by atoms with Crippen molar-refractivity contribution in [2.24, 2.45) is 5.73 Å². The molecule has 0 radical (unpaired) electrons. The van der Waals surface area contributed by atoms with Crippen molar-refractivity contribution in [2.75, 3.05) is 13.2 Å². The third-order valence-corrected chi connectivity index (χ3v) is 4.47. The van der Waals surface area contributed by atoms with Crippen LogP contribution in [0, 0.1) is 6.92 Å². The van der Waals surface area contributed by atoms with Crippen molar-refractivity contribution in [2.45, 2.75) is 29.7 Å². The fourth-order valence-corrected chi connectivity index (χ4v) is 3.25. The highest BCUT2D eigenvalue weighted by atomic mass is 32.2. The zero-order valence-corrected chi connectivity index (χ0v) is 12.9. The summed E-state index contributed by atoms with van der Waals surface area (Å²) in [5.74, 6) is 1.68. The Kier molecular flexibility index (Phi) is 4.36. The van der Waals surface area contributed by atoms with Crippen LogP contribution in [0.1, 0.15) is 17.5 Å². The highest BCUT2D eigenvalue weighted by Gasteiger charge is 2.11. The summed E-state index contributed by atoms with van der Waals surface area (Å²) in [5, 5.41) is 0. The van der Waals surface area contributed by atoms with Gasteiger partial charge in [0.05, 0.1) is 13.2 Å². The Balaban J connectivity index is 1.81. The Bertz CT molecular complexity index is 643. The maximum Gasteiger partial charge on any atom is 0.162 e. The molecule has 0 spiro atoms. The largest absolute Gasteiger partial charge is 0.490 e. The van der Waals surface area contributed by atoms with E-state index in [4.69, 9.17) is 15.2 Å². The van der Waals surface area contributed by atoms with E-state index in [0.717, 1.165) is 29.4 Å². The van der Waals surface area contributed by atoms with Crippen LogP contribution >= 0.6 is 11.8 Å². The van der Waals surface area contributed by atoms with E-state index in [2.05, 4.69) is 37.3 Å². The number of aryl methyl sites for hydroxylation is 1. The molecule has 1 aliphatic heterocycles. The zero-order valence-electron chi connectivity index (χ0n) is 12.1. The summed E-state index contributed by atoms with van der Waals surface area (Å²) < 4.78 is 11.4. The lowest BCUT2D eigenvalue weighted by Crippen LogP contribution is -1.98. The van der Waals surface area contributed by atoms with Crippen LogP contribution in [0.3, 0.4) is 0 Å². The van der Waals surface area contributed by atoms with Crippen molar-refractivity contribution < 1.29 is 9.47 Å². The van der Waals surface area contributed by atoms with E-state index in [1.165, 1.54) is 16.0 Å². The van der Waals surface area contributed by atoms with Crippen LogP contribution in [0.2, 0.25) is 0 Å². The molecule has 0 saturated heterocycles. The van der Waals surface area contributed by atoms with Crippen molar-refractivity contribution >= 4 is 11.8 Å². The molecule has 0 bridgehead atoms. The molecule has 0 amide bonds. The van der Waals surface area contributed by atoms with E-state index in [9.17, 15) is 0 Å². The van der Waals surface area contributed by atoms with E-state index in [1.54, 1.807) is 11.8 Å². The minimum atomic E-state index is 0.584. The molecule has 2 aromatic rings. The van der Waals surface area contributed by atoms with Crippen LogP contribution < -0.4 is 15.2 Å². The Labute approximate surface area is 129 Å². The highest BCUT2D eigenvalue weighted by Crippen LogP contribution is 2.36. The number of fused-ring (bicyclic) bond motifs is 1. The van der Waals surface area contributed by atoms with E-state index in [-0.39, 0.29) is 0 Å². The molecular weight excluding hydrogens is 282 g/mol. The molecule has 110 valence electrons. The van der Waals surface area contributed by atoms with Gasteiger partial charge in [-0.25, -0.2) is 0 Å². The van der Waals surface area contributed by atoms with Crippen molar-refractivity contribution in [1.82, 2.24) is 0 Å². The van der Waals surface area contributed by atoms with Gasteiger partial charge in [-0.15, -0.1) is 0 Å². The van der Waals surface area contributed by atoms with Gasteiger partial charge in [-0.05, 0) is 48.4 Å². The summed E-state index contributed by atoms with van der Waals surface area (Å²) >= 11 is 1.72. The predicted molar refractivity (Wildman–Crippen MR) is 85.2 cm³/mol. The molecule has 21 heavy (non-hydrogen) atoms. The van der Waals surface area contributed by atoms with Crippen molar-refractivity contribution in [3.8, 4) is 11.5 Å². The van der Waals surface area contributed by atoms with Gasteiger partial charge in [0.1, 0.15) is 0 Å². The molecule has 0 atom stereocenters. The van der Waals surface area contributed by atoms with E-state index in [0.29, 0.717) is 13.2 Å². The molecule has 3 nitrogen and oxygen atoms in total. The first-order valence-corrected chi connectivity index (χ1v) is 7.95. The van der Waals surface area contributed by atoms with Crippen LogP contribution in [-0.2, 0) is 6.54 Å². The highest BCUT2D eigenvalue weighted by molar-refractivity contribution is 7.99. The van der Waals surface area contributed by atoms with Crippen LogP contribution in [0.4, 0.5) is 0 Å². The lowest BCUT2D eigenvalue weighted by atomic mass is 10.1. The van der Waals surface area contributed by atoms with Gasteiger partial charge in [-0.2, -0.15) is 0 Å². The topological polar surface area (TPSA) is 44.5 Å². The molecule has 1 heterocycles. The average Bonchev–Trinajstić information content (AvgIpc) is 2.72. The number of rotatable bonds is 3. The molecular formula is C17H19NO2S. The minimum Gasteiger partial charge on any atom is -0.490 e. The lowest BCUT2D eigenvalue weighted by molar-refractivity contribution is 0.297. The normalized spacial score (nSPS) is 13.8. The van der Waals surface area contributed by atoms with Crippen molar-refractivity contribution in [3.63, 3.8) is 0 Å². The number of hydrogen-bond acceptors (Lipinski definition) is 4. The number of nitrogens with two attached hydrogens (primary N) is 1.